The molecule has 0 amide bonds. The van der Waals surface area contributed by atoms with Gasteiger partial charge in [-0.2, -0.15) is 0 Å². The molecular weight excluding hydrogens is 240 g/mol. The Balaban J connectivity index is 2.24. The lowest BCUT2D eigenvalue weighted by Gasteiger charge is -2.25. The number of amidine groups is 1. The van der Waals surface area contributed by atoms with Crippen molar-refractivity contribution in [2.45, 2.75) is 65.6 Å². The Hall–Kier alpha value is -0.180. The summed E-state index contributed by atoms with van der Waals surface area (Å²) in [5, 5.41) is 5.39. The van der Waals surface area contributed by atoms with Crippen LogP contribution in [0.5, 0.6) is 0 Å². The van der Waals surface area contributed by atoms with Crippen LogP contribution in [0.2, 0.25) is 0 Å². The van der Waals surface area contributed by atoms with Crippen LogP contribution in [0.1, 0.15) is 60.3 Å². The Kier molecular flexibility index (Phi) is 6.54. The molecular formula is C15H30N2S. The number of nitrogens with one attached hydrogen (secondary N) is 1. The molecule has 106 valence electrons. The molecule has 0 bridgehead atoms. The first-order valence-electron chi connectivity index (χ1n) is 7.39. The summed E-state index contributed by atoms with van der Waals surface area (Å²) in [6, 6.07) is 0. The Bertz CT molecular complexity index is 272. The molecule has 1 heterocycles. The number of aliphatic imine (C=N–C) groups is 1. The van der Waals surface area contributed by atoms with Crippen LogP contribution >= 0.6 is 11.8 Å². The first-order valence-corrected chi connectivity index (χ1v) is 8.27. The van der Waals surface area contributed by atoms with Gasteiger partial charge in [0.2, 0.25) is 0 Å². The molecule has 18 heavy (non-hydrogen) atoms. The van der Waals surface area contributed by atoms with Gasteiger partial charge in [-0.3, -0.25) is 4.99 Å². The molecule has 1 aliphatic heterocycles. The molecule has 0 fully saturated rings. The standard InChI is InChI=1S/C15H30N2S/c1-6-7-8-9-15(4,5)11-17-14-16-10-13(18-14)12(2)3/h12-13H,6-11H2,1-5H3,(H,16,17). The SMILES string of the molecule is CCCCCC(C)(C)CNC1=NCC(C(C)C)S1. The first kappa shape index (κ1) is 15.9. The molecule has 0 aromatic heterocycles. The molecule has 0 radical (unpaired) electrons. The Morgan fingerprint density at radius 1 is 1.39 bits per heavy atom. The Morgan fingerprint density at radius 2 is 2.11 bits per heavy atom. The maximum Gasteiger partial charge on any atom is 0.156 e. The van der Waals surface area contributed by atoms with Crippen molar-refractivity contribution in [1.29, 1.82) is 0 Å². The average Bonchev–Trinajstić information content (AvgIpc) is 2.75. The predicted molar refractivity (Wildman–Crippen MR) is 84.4 cm³/mol. The third-order valence-electron chi connectivity index (χ3n) is 3.60. The number of thioether (sulfide) groups is 1. The van der Waals surface area contributed by atoms with E-state index < -0.39 is 0 Å². The molecule has 3 heteroatoms. The van der Waals surface area contributed by atoms with Crippen molar-refractivity contribution < 1.29 is 0 Å². The van der Waals surface area contributed by atoms with E-state index in [9.17, 15) is 0 Å². The minimum atomic E-state index is 0.383. The van der Waals surface area contributed by atoms with Gasteiger partial charge in [0, 0.05) is 11.8 Å². The largest absolute Gasteiger partial charge is 0.364 e. The molecule has 0 aromatic carbocycles. The second kappa shape index (κ2) is 7.42. The van der Waals surface area contributed by atoms with E-state index in [4.69, 9.17) is 0 Å². The molecule has 1 atom stereocenters. The number of hydrogen-bond donors (Lipinski definition) is 1. The van der Waals surface area contributed by atoms with E-state index in [2.05, 4.69) is 44.9 Å². The summed E-state index contributed by atoms with van der Waals surface area (Å²) < 4.78 is 0. The van der Waals surface area contributed by atoms with Crippen LogP contribution < -0.4 is 5.32 Å². The molecule has 0 aromatic rings. The molecule has 0 saturated carbocycles. The third kappa shape index (κ3) is 5.64. The highest BCUT2D eigenvalue weighted by Gasteiger charge is 2.24. The lowest BCUT2D eigenvalue weighted by Crippen LogP contribution is -2.32. The van der Waals surface area contributed by atoms with E-state index in [0.29, 0.717) is 10.7 Å². The lowest BCUT2D eigenvalue weighted by molar-refractivity contribution is 0.320. The molecule has 1 aliphatic rings. The van der Waals surface area contributed by atoms with Gasteiger partial charge in [-0.1, -0.05) is 65.6 Å². The van der Waals surface area contributed by atoms with Gasteiger partial charge in [-0.25, -0.2) is 0 Å². The zero-order chi connectivity index (χ0) is 13.6. The average molecular weight is 270 g/mol. The van der Waals surface area contributed by atoms with E-state index in [1.807, 2.05) is 11.8 Å². The number of hydrogen-bond acceptors (Lipinski definition) is 3. The molecule has 0 aliphatic carbocycles. The zero-order valence-electron chi connectivity index (χ0n) is 12.8. The van der Waals surface area contributed by atoms with Crippen molar-refractivity contribution in [2.24, 2.45) is 16.3 Å². The van der Waals surface area contributed by atoms with Crippen LogP contribution in [0.4, 0.5) is 0 Å². The third-order valence-corrected chi connectivity index (χ3v) is 5.09. The zero-order valence-corrected chi connectivity index (χ0v) is 13.6. The second-order valence-electron chi connectivity index (χ2n) is 6.52. The summed E-state index contributed by atoms with van der Waals surface area (Å²) >= 11 is 1.93. The number of rotatable bonds is 7. The molecule has 1 unspecified atom stereocenters. The van der Waals surface area contributed by atoms with Gasteiger partial charge < -0.3 is 5.32 Å². The van der Waals surface area contributed by atoms with Gasteiger partial charge in [-0.15, -0.1) is 0 Å². The highest BCUT2D eigenvalue weighted by Crippen LogP contribution is 2.27. The van der Waals surface area contributed by atoms with Crippen LogP contribution in [-0.4, -0.2) is 23.5 Å². The maximum absolute atomic E-state index is 4.61. The van der Waals surface area contributed by atoms with Gasteiger partial charge >= 0.3 is 0 Å². The Labute approximate surface area is 117 Å². The van der Waals surface area contributed by atoms with Crippen molar-refractivity contribution in [3.05, 3.63) is 0 Å². The van der Waals surface area contributed by atoms with Crippen molar-refractivity contribution in [2.75, 3.05) is 13.1 Å². The molecule has 2 nitrogen and oxygen atoms in total. The van der Waals surface area contributed by atoms with Gasteiger partial charge in [0.05, 0.1) is 6.54 Å². The van der Waals surface area contributed by atoms with Crippen LogP contribution in [-0.2, 0) is 0 Å². The summed E-state index contributed by atoms with van der Waals surface area (Å²) in [6.07, 6.45) is 5.31. The van der Waals surface area contributed by atoms with Gasteiger partial charge in [0.25, 0.3) is 0 Å². The van der Waals surface area contributed by atoms with E-state index in [1.165, 1.54) is 25.7 Å². The summed E-state index contributed by atoms with van der Waals surface area (Å²) in [7, 11) is 0. The van der Waals surface area contributed by atoms with Crippen LogP contribution in [0.3, 0.4) is 0 Å². The fourth-order valence-corrected chi connectivity index (χ4v) is 3.10. The van der Waals surface area contributed by atoms with Crippen LogP contribution in [0.25, 0.3) is 0 Å². The van der Waals surface area contributed by atoms with Gasteiger partial charge in [0.1, 0.15) is 0 Å². The highest BCUT2D eigenvalue weighted by molar-refractivity contribution is 8.14. The molecule has 1 rings (SSSR count). The molecule has 0 saturated heterocycles. The van der Waals surface area contributed by atoms with E-state index in [0.717, 1.165) is 24.2 Å². The smallest absolute Gasteiger partial charge is 0.156 e. The van der Waals surface area contributed by atoms with Crippen molar-refractivity contribution >= 4 is 16.9 Å². The normalized spacial score (nSPS) is 20.3. The minimum absolute atomic E-state index is 0.383. The fourth-order valence-electron chi connectivity index (χ4n) is 2.09. The topological polar surface area (TPSA) is 24.4 Å². The maximum atomic E-state index is 4.61. The molecule has 1 N–H and O–H groups in total. The van der Waals surface area contributed by atoms with Gasteiger partial charge in [0.15, 0.2) is 5.17 Å². The summed E-state index contributed by atoms with van der Waals surface area (Å²) in [5.74, 6) is 0.718. The van der Waals surface area contributed by atoms with Gasteiger partial charge in [-0.05, 0) is 17.8 Å². The quantitative estimate of drug-likeness (QED) is 0.697. The van der Waals surface area contributed by atoms with E-state index >= 15 is 0 Å². The second-order valence-corrected chi connectivity index (χ2v) is 7.75. The molecule has 0 spiro atoms. The van der Waals surface area contributed by atoms with Crippen molar-refractivity contribution in [3.63, 3.8) is 0 Å². The predicted octanol–water partition coefficient (Wildman–Crippen LogP) is 4.31. The fraction of sp³-hybridized carbons (Fsp3) is 0.933. The van der Waals surface area contributed by atoms with E-state index in [1.54, 1.807) is 0 Å². The lowest BCUT2D eigenvalue weighted by atomic mass is 9.87. The Morgan fingerprint density at radius 3 is 2.67 bits per heavy atom. The highest BCUT2D eigenvalue weighted by atomic mass is 32.2. The summed E-state index contributed by atoms with van der Waals surface area (Å²) in [4.78, 5) is 4.61. The van der Waals surface area contributed by atoms with Crippen LogP contribution in [0, 0.1) is 11.3 Å². The number of unbranched alkanes of at least 4 members (excludes halogenated alkanes) is 2. The van der Waals surface area contributed by atoms with Crippen molar-refractivity contribution in [1.82, 2.24) is 5.32 Å². The van der Waals surface area contributed by atoms with Crippen LogP contribution in [0.15, 0.2) is 4.99 Å². The van der Waals surface area contributed by atoms with Crippen molar-refractivity contribution in [3.8, 4) is 0 Å². The summed E-state index contributed by atoms with van der Waals surface area (Å²) in [5.41, 5.74) is 0.383. The number of nitrogens with zero attached hydrogens (tertiary/aromatic N) is 1. The first-order chi connectivity index (χ1) is 8.44. The van der Waals surface area contributed by atoms with E-state index in [-0.39, 0.29) is 0 Å². The minimum Gasteiger partial charge on any atom is -0.364 e. The monoisotopic (exact) mass is 270 g/mol. The summed E-state index contributed by atoms with van der Waals surface area (Å²) in [6.45, 7) is 13.6.